The average Bonchev–Trinajstić information content (AvgIpc) is 3.33. The van der Waals surface area contributed by atoms with E-state index in [4.69, 9.17) is 14.6 Å². The number of esters is 1. The fraction of sp³-hybridized carbons (Fsp3) is 0.760. The van der Waals surface area contributed by atoms with E-state index in [-0.39, 0.29) is 12.0 Å². The van der Waals surface area contributed by atoms with Crippen molar-refractivity contribution < 1.29 is 19.1 Å². The Hall–Kier alpha value is -2.56. The van der Waals surface area contributed by atoms with Gasteiger partial charge in [-0.1, -0.05) is 12.8 Å². The van der Waals surface area contributed by atoms with Gasteiger partial charge in [-0.15, -0.1) is 0 Å². The lowest BCUT2D eigenvalue weighted by molar-refractivity contribution is -0.225. The number of carbonyl (C=O) groups excluding carboxylic acids is 2. The van der Waals surface area contributed by atoms with Crippen molar-refractivity contribution in [3.05, 3.63) is 17.0 Å². The first-order valence-electron chi connectivity index (χ1n) is 12.2. The second-order valence-electron chi connectivity index (χ2n) is 11.5. The molecule has 4 saturated carbocycles. The molecule has 4 fully saturated rings. The minimum Gasteiger partial charge on any atom is -0.469 e. The Balaban J connectivity index is 1.47. The number of methoxy groups -OCH3 is 1. The van der Waals surface area contributed by atoms with Crippen LogP contribution in [0.5, 0.6) is 0 Å². The number of hydrogen-bond acceptors (Lipinski definition) is 6. The van der Waals surface area contributed by atoms with E-state index in [2.05, 4.69) is 10.8 Å². The van der Waals surface area contributed by atoms with Gasteiger partial charge in [0.05, 0.1) is 30.8 Å². The van der Waals surface area contributed by atoms with E-state index in [0.717, 1.165) is 30.9 Å². The van der Waals surface area contributed by atoms with Gasteiger partial charge in [-0.25, -0.2) is 4.79 Å². The van der Waals surface area contributed by atoms with Crippen molar-refractivity contribution in [1.29, 1.82) is 5.26 Å². The Morgan fingerprint density at radius 2 is 1.88 bits per heavy atom. The molecular formula is C25H34N4O4. The third-order valence-corrected chi connectivity index (χ3v) is 8.28. The van der Waals surface area contributed by atoms with E-state index in [1.54, 1.807) is 0 Å². The molecule has 6 rings (SSSR count). The van der Waals surface area contributed by atoms with Crippen LogP contribution in [0.25, 0.3) is 0 Å². The maximum absolute atomic E-state index is 12.9. The van der Waals surface area contributed by atoms with Gasteiger partial charge in [0.25, 0.3) is 0 Å². The first-order chi connectivity index (χ1) is 15.6. The molecule has 8 nitrogen and oxygen atoms in total. The molecule has 0 saturated heterocycles. The van der Waals surface area contributed by atoms with Gasteiger partial charge >= 0.3 is 12.1 Å². The summed E-state index contributed by atoms with van der Waals surface area (Å²) in [6.07, 6.45) is 8.91. The Bertz CT molecular complexity index is 1000. The number of fused-ring (bicyclic) bond motifs is 1. The molecule has 5 aliphatic rings. The average molecular weight is 455 g/mol. The van der Waals surface area contributed by atoms with Gasteiger partial charge in [-0.05, 0) is 64.2 Å². The molecule has 1 aromatic heterocycles. The van der Waals surface area contributed by atoms with E-state index in [1.165, 1.54) is 37.7 Å². The summed E-state index contributed by atoms with van der Waals surface area (Å²) in [6, 6.07) is 1.47. The van der Waals surface area contributed by atoms with Crippen molar-refractivity contribution in [2.75, 3.05) is 13.7 Å². The monoisotopic (exact) mass is 454 g/mol. The highest BCUT2D eigenvalue weighted by atomic mass is 16.6. The third-order valence-electron chi connectivity index (χ3n) is 8.28. The molecule has 2 heterocycles. The highest BCUT2D eigenvalue weighted by Gasteiger charge is 2.72. The number of nitriles is 1. The smallest absolute Gasteiger partial charge is 0.411 e. The lowest BCUT2D eigenvalue weighted by Crippen LogP contribution is -2.70. The van der Waals surface area contributed by atoms with Gasteiger partial charge in [0.1, 0.15) is 5.60 Å². The van der Waals surface area contributed by atoms with E-state index >= 15 is 0 Å². The molecule has 1 aliphatic heterocycles. The summed E-state index contributed by atoms with van der Waals surface area (Å²) in [5.41, 5.74) is 2.08. The quantitative estimate of drug-likeness (QED) is 0.637. The molecule has 0 aromatic carbocycles. The van der Waals surface area contributed by atoms with Crippen LogP contribution in [0.2, 0.25) is 0 Å². The van der Waals surface area contributed by atoms with Crippen LogP contribution in [0.3, 0.4) is 0 Å². The highest BCUT2D eigenvalue weighted by molar-refractivity contribution is 5.74. The Kier molecular flexibility index (Phi) is 5.04. The summed E-state index contributed by atoms with van der Waals surface area (Å²) in [4.78, 5) is 26.5. The predicted octanol–water partition coefficient (Wildman–Crippen LogP) is 4.03. The van der Waals surface area contributed by atoms with Gasteiger partial charge < -0.3 is 9.47 Å². The second-order valence-corrected chi connectivity index (χ2v) is 11.5. The first-order valence-corrected chi connectivity index (χ1v) is 12.2. The molecule has 1 amide bonds. The molecule has 8 heteroatoms. The van der Waals surface area contributed by atoms with Crippen LogP contribution in [0.1, 0.15) is 88.7 Å². The maximum Gasteiger partial charge on any atom is 0.411 e. The number of aromatic nitrogens is 2. The SMILES string of the molecule is COC(=O)Cc1nn(C23CC(C4CCCC4)(C2)C3)c2c1C(C#N)N(C(=O)OC(C)(C)C)CC2. The minimum absolute atomic E-state index is 0.00395. The molecule has 33 heavy (non-hydrogen) atoms. The van der Waals surface area contributed by atoms with E-state index in [0.29, 0.717) is 29.6 Å². The van der Waals surface area contributed by atoms with Crippen LogP contribution in [-0.4, -0.2) is 46.0 Å². The maximum atomic E-state index is 12.9. The van der Waals surface area contributed by atoms with E-state index < -0.39 is 23.7 Å². The summed E-state index contributed by atoms with van der Waals surface area (Å²) in [6.45, 7) is 5.83. The molecule has 2 bridgehead atoms. The van der Waals surface area contributed by atoms with Crippen LogP contribution in [0.4, 0.5) is 4.79 Å². The number of carbonyl (C=O) groups is 2. The predicted molar refractivity (Wildman–Crippen MR) is 119 cm³/mol. The van der Waals surface area contributed by atoms with Gasteiger partial charge in [-0.2, -0.15) is 10.4 Å². The summed E-state index contributed by atoms with van der Waals surface area (Å²) in [5, 5.41) is 15.0. The molecule has 4 aliphatic carbocycles. The van der Waals surface area contributed by atoms with E-state index in [9.17, 15) is 14.9 Å². The molecule has 1 atom stereocenters. The summed E-state index contributed by atoms with van der Waals surface area (Å²) >= 11 is 0. The fourth-order valence-electron chi connectivity index (χ4n) is 6.97. The van der Waals surface area contributed by atoms with Gasteiger partial charge in [0.2, 0.25) is 0 Å². The zero-order valence-corrected chi connectivity index (χ0v) is 20.1. The van der Waals surface area contributed by atoms with Gasteiger partial charge in [0.15, 0.2) is 6.04 Å². The summed E-state index contributed by atoms with van der Waals surface area (Å²) in [5.74, 6) is 0.448. The molecule has 1 unspecified atom stereocenters. The van der Waals surface area contributed by atoms with Crippen molar-refractivity contribution in [3.8, 4) is 6.07 Å². The Labute approximate surface area is 195 Å². The molecular weight excluding hydrogens is 420 g/mol. The van der Waals surface area contributed by atoms with Crippen LogP contribution in [0, 0.1) is 22.7 Å². The number of nitrogens with zero attached hydrogens (tertiary/aromatic N) is 4. The third kappa shape index (κ3) is 3.43. The van der Waals surface area contributed by atoms with Crippen LogP contribution in [0.15, 0.2) is 0 Å². The van der Waals surface area contributed by atoms with Crippen LogP contribution in [-0.2, 0) is 32.6 Å². The minimum atomic E-state index is -0.826. The molecule has 0 N–H and O–H groups in total. The number of hydrogen-bond donors (Lipinski definition) is 0. The largest absolute Gasteiger partial charge is 0.469 e. The van der Waals surface area contributed by atoms with Crippen molar-refractivity contribution in [2.45, 2.75) is 95.7 Å². The van der Waals surface area contributed by atoms with Crippen LogP contribution < -0.4 is 0 Å². The standard InChI is InChI=1S/C25H34N4O4/c1-23(2,3)33-22(31)28-10-9-18-21(19(28)12-26)17(11-20(30)32-4)27-29(18)25-13-24(14-25,15-25)16-7-5-6-8-16/h16,19H,5-11,13-15H2,1-4H3. The van der Waals surface area contributed by atoms with Gasteiger partial charge in [0, 0.05) is 24.2 Å². The number of rotatable bonds is 4. The zero-order valence-electron chi connectivity index (χ0n) is 20.1. The highest BCUT2D eigenvalue weighted by Crippen LogP contribution is 2.76. The lowest BCUT2D eigenvalue weighted by Gasteiger charge is -2.73. The Morgan fingerprint density at radius 3 is 2.45 bits per heavy atom. The van der Waals surface area contributed by atoms with Crippen molar-refractivity contribution >= 4 is 12.1 Å². The van der Waals surface area contributed by atoms with Crippen molar-refractivity contribution in [1.82, 2.24) is 14.7 Å². The number of ether oxygens (including phenoxy) is 2. The molecule has 0 radical (unpaired) electrons. The topological polar surface area (TPSA) is 97.5 Å². The van der Waals surface area contributed by atoms with Gasteiger partial charge in [-0.3, -0.25) is 14.4 Å². The van der Waals surface area contributed by atoms with E-state index in [1.807, 2.05) is 20.8 Å². The van der Waals surface area contributed by atoms with Crippen molar-refractivity contribution in [2.24, 2.45) is 11.3 Å². The summed E-state index contributed by atoms with van der Waals surface area (Å²) < 4.78 is 12.6. The molecule has 178 valence electrons. The van der Waals surface area contributed by atoms with Crippen LogP contribution >= 0.6 is 0 Å². The van der Waals surface area contributed by atoms with Crippen molar-refractivity contribution in [3.63, 3.8) is 0 Å². The summed E-state index contributed by atoms with van der Waals surface area (Å²) in [7, 11) is 1.35. The second kappa shape index (κ2) is 7.48. The Morgan fingerprint density at radius 1 is 1.21 bits per heavy atom. The molecule has 0 spiro atoms. The normalized spacial score (nSPS) is 30.6. The first kappa shape index (κ1) is 22.2. The zero-order chi connectivity index (χ0) is 23.6. The fourth-order valence-corrected chi connectivity index (χ4v) is 6.97. The molecule has 1 aromatic rings. The lowest BCUT2D eigenvalue weighted by atomic mass is 9.35. The number of amides is 1.